The van der Waals surface area contributed by atoms with Crippen LogP contribution in [0.25, 0.3) is 110 Å². The average molecular weight is 717 g/mol. The van der Waals surface area contributed by atoms with Gasteiger partial charge in [-0.15, -0.1) is 0 Å². The first-order valence-corrected chi connectivity index (χ1v) is 18.9. The Morgan fingerprint density at radius 2 is 0.732 bits per heavy atom. The van der Waals surface area contributed by atoms with Crippen LogP contribution in [0.1, 0.15) is 0 Å². The Morgan fingerprint density at radius 1 is 0.286 bits per heavy atom. The summed E-state index contributed by atoms with van der Waals surface area (Å²) in [5.41, 5.74) is 12.9. The van der Waals surface area contributed by atoms with Gasteiger partial charge in [0.2, 0.25) is 0 Å². The van der Waals surface area contributed by atoms with E-state index < -0.39 is 0 Å². The van der Waals surface area contributed by atoms with Gasteiger partial charge in [0, 0.05) is 27.2 Å². The van der Waals surface area contributed by atoms with E-state index in [0.717, 1.165) is 99.1 Å². The Balaban J connectivity index is 1.37. The second kappa shape index (κ2) is 10.5. The van der Waals surface area contributed by atoms with E-state index in [2.05, 4.69) is 100.0 Å². The van der Waals surface area contributed by atoms with E-state index in [1.165, 1.54) is 0 Å². The molecule has 0 aliphatic heterocycles. The van der Waals surface area contributed by atoms with E-state index in [4.69, 9.17) is 0 Å². The summed E-state index contributed by atoms with van der Waals surface area (Å²) in [5.74, 6) is 0. The van der Waals surface area contributed by atoms with Gasteiger partial charge in [0.1, 0.15) is 0 Å². The topological polar surface area (TPSA) is 52.3 Å². The molecular weight excluding hydrogens is 689 g/mol. The molecule has 5 aromatic heterocycles. The van der Waals surface area contributed by atoms with Gasteiger partial charge < -0.3 is 4.57 Å². The van der Waals surface area contributed by atoms with Gasteiger partial charge in [-0.25, -0.2) is 0 Å². The molecule has 8 aromatic carbocycles. The van der Waals surface area contributed by atoms with E-state index in [1.54, 1.807) is 0 Å². The molecule has 0 atom stereocenters. The van der Waals surface area contributed by atoms with E-state index in [1.807, 2.05) is 87.7 Å². The maximum Gasteiger partial charge on any atom is 0.263 e. The lowest BCUT2D eigenvalue weighted by atomic mass is 9.94. The van der Waals surface area contributed by atoms with Crippen molar-refractivity contribution in [3.05, 3.63) is 191 Å². The summed E-state index contributed by atoms with van der Waals surface area (Å²) in [7, 11) is 0. The summed E-state index contributed by atoms with van der Waals surface area (Å²) >= 11 is 0. The smallest absolute Gasteiger partial charge is 0.263 e. The molecule has 0 saturated heterocycles. The van der Waals surface area contributed by atoms with Crippen molar-refractivity contribution >= 4 is 82.0 Å². The van der Waals surface area contributed by atoms with Gasteiger partial charge in [0.05, 0.1) is 49.7 Å². The number of fused-ring (bicyclic) bond motifs is 6. The number of nitrogens with zero attached hydrogens (tertiary/aromatic N) is 4. The average Bonchev–Trinajstić information content (AvgIpc) is 3.26. The molecule has 56 heavy (non-hydrogen) atoms. The zero-order valence-electron chi connectivity index (χ0n) is 29.8. The van der Waals surface area contributed by atoms with Gasteiger partial charge in [-0.2, -0.15) is 0 Å². The molecule has 0 amide bonds. The summed E-state index contributed by atoms with van der Waals surface area (Å²) < 4.78 is 8.42. The standard InChI is InChI=1S/C50H28N4O2/c55-49-34-24-22-31(29-12-4-1-5-13-29)26-36(34)38-28-39-37-27-32(30-14-6-2-7-15-30)23-25-35(37)50(56)53-43-21-11-19-41-47(43)54-46-40(51(41)33-16-8-3-9-17-33)18-10-20-42(46)52(49)44(38)48(54)45(39)53/h1-28H. The normalized spacial score (nSPS) is 12.4. The van der Waals surface area contributed by atoms with Crippen LogP contribution in [-0.2, 0) is 0 Å². The summed E-state index contributed by atoms with van der Waals surface area (Å²) in [4.78, 5) is 30.4. The zero-order chi connectivity index (χ0) is 36.8. The molecule has 260 valence electrons. The molecule has 6 heteroatoms. The SMILES string of the molecule is O=c1c2ccc(-c3ccccc3)cc2c2cc3c4cc(-c5ccccc5)ccc4c(=O)n4c5cccc6c5n5c7c(cccc7n1c2c5c34)n6-c1ccccc1. The molecule has 13 rings (SSSR count). The highest BCUT2D eigenvalue weighted by Gasteiger charge is 2.28. The molecule has 0 aliphatic carbocycles. The van der Waals surface area contributed by atoms with Gasteiger partial charge >= 0.3 is 0 Å². The fraction of sp³-hybridized carbons (Fsp3) is 0. The Kier molecular flexibility index (Phi) is 5.57. The van der Waals surface area contributed by atoms with Gasteiger partial charge in [-0.1, -0.05) is 103 Å². The van der Waals surface area contributed by atoms with Crippen molar-refractivity contribution < 1.29 is 0 Å². The van der Waals surface area contributed by atoms with Crippen molar-refractivity contribution in [2.45, 2.75) is 0 Å². The Morgan fingerprint density at radius 3 is 1.21 bits per heavy atom. The molecule has 0 bridgehead atoms. The minimum Gasteiger partial charge on any atom is -0.306 e. The number of rotatable bonds is 3. The third-order valence-electron chi connectivity index (χ3n) is 12.0. The zero-order valence-corrected chi connectivity index (χ0v) is 29.8. The Hall–Kier alpha value is -7.70. The Bertz CT molecular complexity index is 3660. The van der Waals surface area contributed by atoms with Crippen LogP contribution >= 0.6 is 0 Å². The highest BCUT2D eigenvalue weighted by atomic mass is 16.1. The predicted octanol–water partition coefficient (Wildman–Crippen LogP) is 11.1. The predicted molar refractivity (Wildman–Crippen MR) is 229 cm³/mol. The fourth-order valence-electron chi connectivity index (χ4n) is 9.69. The second-order valence-corrected chi connectivity index (χ2v) is 14.8. The van der Waals surface area contributed by atoms with Gasteiger partial charge in [0.15, 0.2) is 0 Å². The van der Waals surface area contributed by atoms with Crippen molar-refractivity contribution in [2.24, 2.45) is 0 Å². The van der Waals surface area contributed by atoms with E-state index >= 15 is 9.59 Å². The van der Waals surface area contributed by atoms with Crippen LogP contribution in [0.4, 0.5) is 0 Å². The first-order chi connectivity index (χ1) is 27.7. The van der Waals surface area contributed by atoms with Crippen molar-refractivity contribution in [1.29, 1.82) is 0 Å². The lowest BCUT2D eigenvalue weighted by Crippen LogP contribution is -2.23. The van der Waals surface area contributed by atoms with Crippen LogP contribution in [0.5, 0.6) is 0 Å². The molecule has 0 unspecified atom stereocenters. The van der Waals surface area contributed by atoms with Crippen molar-refractivity contribution in [2.75, 3.05) is 0 Å². The largest absolute Gasteiger partial charge is 0.306 e. The summed E-state index contributed by atoms with van der Waals surface area (Å²) in [6.45, 7) is 0. The first kappa shape index (κ1) is 29.7. The molecule has 5 heterocycles. The molecule has 0 spiro atoms. The monoisotopic (exact) mass is 716 g/mol. The third-order valence-corrected chi connectivity index (χ3v) is 12.0. The quantitative estimate of drug-likeness (QED) is 0.135. The highest BCUT2D eigenvalue weighted by molar-refractivity contribution is 6.27. The maximum absolute atomic E-state index is 15.2. The molecule has 0 N–H and O–H groups in total. The van der Waals surface area contributed by atoms with Crippen molar-refractivity contribution in [3.63, 3.8) is 0 Å². The van der Waals surface area contributed by atoms with E-state index in [-0.39, 0.29) is 11.1 Å². The molecule has 0 fully saturated rings. The Labute approximate surface area is 317 Å². The minimum absolute atomic E-state index is 0.0901. The number of para-hydroxylation sites is 3. The number of aromatic nitrogens is 4. The third kappa shape index (κ3) is 3.61. The molecule has 0 saturated carbocycles. The molecule has 6 nitrogen and oxygen atoms in total. The van der Waals surface area contributed by atoms with Gasteiger partial charge in [-0.3, -0.25) is 22.8 Å². The van der Waals surface area contributed by atoms with E-state index in [0.29, 0.717) is 10.8 Å². The second-order valence-electron chi connectivity index (χ2n) is 14.8. The molecule has 13 aromatic rings. The van der Waals surface area contributed by atoms with Crippen LogP contribution in [0.3, 0.4) is 0 Å². The molecule has 0 radical (unpaired) electrons. The fourth-order valence-corrected chi connectivity index (χ4v) is 9.69. The molecular formula is C50H28N4O2. The summed E-state index contributed by atoms with van der Waals surface area (Å²) in [6.07, 6.45) is 0. The number of hydrogen-bond acceptors (Lipinski definition) is 2. The highest BCUT2D eigenvalue weighted by Crippen LogP contribution is 2.44. The van der Waals surface area contributed by atoms with Gasteiger partial charge in [-0.05, 0) is 99.8 Å². The van der Waals surface area contributed by atoms with Crippen LogP contribution in [-0.4, -0.2) is 17.8 Å². The van der Waals surface area contributed by atoms with Crippen LogP contribution in [0.2, 0.25) is 0 Å². The lowest BCUT2D eigenvalue weighted by Gasteiger charge is -2.27. The first-order valence-electron chi connectivity index (χ1n) is 18.9. The number of benzene rings is 8. The molecule has 0 aliphatic rings. The summed E-state index contributed by atoms with van der Waals surface area (Å²) in [6, 6.07) is 58.1. The summed E-state index contributed by atoms with van der Waals surface area (Å²) in [5, 5.41) is 4.97. The van der Waals surface area contributed by atoms with Crippen LogP contribution < -0.4 is 11.1 Å². The maximum atomic E-state index is 15.2. The van der Waals surface area contributed by atoms with Crippen molar-refractivity contribution in [3.8, 4) is 27.9 Å². The lowest BCUT2D eigenvalue weighted by molar-refractivity contribution is 1.08. The van der Waals surface area contributed by atoms with Crippen LogP contribution in [0.15, 0.2) is 179 Å². The van der Waals surface area contributed by atoms with E-state index in [9.17, 15) is 0 Å². The van der Waals surface area contributed by atoms with Crippen molar-refractivity contribution in [1.82, 2.24) is 17.8 Å². The number of pyridine rings is 2. The minimum atomic E-state index is -0.0901. The van der Waals surface area contributed by atoms with Crippen LogP contribution in [0, 0.1) is 0 Å². The number of hydrogen-bond donors (Lipinski definition) is 0. The van der Waals surface area contributed by atoms with Gasteiger partial charge in [0.25, 0.3) is 11.1 Å².